The highest BCUT2D eigenvalue weighted by Gasteiger charge is 2.62. The molecule has 3 aliphatic carbocycles. The fourth-order valence-electron chi connectivity index (χ4n) is 7.25. The summed E-state index contributed by atoms with van der Waals surface area (Å²) in [5, 5.41) is 13.0. The third-order valence-corrected chi connectivity index (χ3v) is 9.17. The molecule has 0 radical (unpaired) electrons. The lowest BCUT2D eigenvalue weighted by Gasteiger charge is -2.62. The van der Waals surface area contributed by atoms with Crippen LogP contribution in [0.15, 0.2) is 11.8 Å². The Morgan fingerprint density at radius 2 is 1.89 bits per heavy atom. The predicted molar refractivity (Wildman–Crippen MR) is 133 cm³/mol. The zero-order chi connectivity index (χ0) is 26.2. The number of ether oxygens (including phenoxy) is 2. The second-order valence-corrected chi connectivity index (χ2v) is 12.6. The number of esters is 2. The Labute approximate surface area is 210 Å². The molecule has 3 saturated carbocycles. The van der Waals surface area contributed by atoms with Crippen LogP contribution in [-0.4, -0.2) is 48.1 Å². The number of ketones is 1. The van der Waals surface area contributed by atoms with Gasteiger partial charge in [-0.15, -0.1) is 0 Å². The minimum absolute atomic E-state index is 0.0233. The predicted octanol–water partition coefficient (Wildman–Crippen LogP) is 4.17. The van der Waals surface area contributed by atoms with Gasteiger partial charge in [0, 0.05) is 24.3 Å². The molecule has 0 unspecified atom stereocenters. The zero-order valence-electron chi connectivity index (χ0n) is 22.6. The molecule has 3 aliphatic rings. The fraction of sp³-hybridized carbons (Fsp3) is 0.821. The summed E-state index contributed by atoms with van der Waals surface area (Å²) in [5.74, 6) is -0.0258. The van der Waals surface area contributed by atoms with E-state index in [1.807, 2.05) is 0 Å². The molecule has 198 valence electrons. The molecule has 6 atom stereocenters. The number of hydrogen-bond donors (Lipinski definition) is 2. The SMILES string of the molecule is CNCCC(=O)O/C=C1\CC[C@H]2[C@@H](C(=O)C[C@@H]3C(C)(C)[C@@H](OC(=O)CC(C)(C)O)CC[C@@]32C)[C@H]1C. The number of allylic oxidation sites excluding steroid dienone is 1. The first-order valence-electron chi connectivity index (χ1n) is 13.2. The molecule has 0 aromatic rings. The minimum Gasteiger partial charge on any atom is -0.462 e. The topological polar surface area (TPSA) is 102 Å². The molecule has 0 heterocycles. The second-order valence-electron chi connectivity index (χ2n) is 12.6. The quantitative estimate of drug-likeness (QED) is 0.407. The molecule has 0 spiro atoms. The van der Waals surface area contributed by atoms with Gasteiger partial charge in [-0.25, -0.2) is 0 Å². The molecular formula is C28H45NO6. The van der Waals surface area contributed by atoms with Crippen molar-refractivity contribution >= 4 is 17.7 Å². The molecule has 0 saturated heterocycles. The van der Waals surface area contributed by atoms with Crippen molar-refractivity contribution in [3.63, 3.8) is 0 Å². The fourth-order valence-corrected chi connectivity index (χ4v) is 7.25. The maximum absolute atomic E-state index is 13.6. The van der Waals surface area contributed by atoms with Crippen LogP contribution in [0.3, 0.4) is 0 Å². The standard InChI is InChI=1S/C28H45NO6/c1-17-18(16-34-23(31)11-13-29-7)8-9-19-25(17)20(30)14-21-27(4,5)22(10-12-28(19,21)6)35-24(32)15-26(2,3)33/h16-17,19,21-22,25,29,33H,8-15H2,1-7H3/b18-16+/t17-,19-,21+,22-,25-,28+/m0/s1. The molecule has 0 aliphatic heterocycles. The van der Waals surface area contributed by atoms with Gasteiger partial charge in [0.2, 0.25) is 0 Å². The average Bonchev–Trinajstić information content (AvgIpc) is 2.74. The van der Waals surface area contributed by atoms with Crippen molar-refractivity contribution in [1.29, 1.82) is 0 Å². The first-order chi connectivity index (χ1) is 16.2. The number of carbonyl (C=O) groups is 3. The molecule has 0 bridgehead atoms. The summed E-state index contributed by atoms with van der Waals surface area (Å²) in [6, 6.07) is 0. The number of fused-ring (bicyclic) bond motifs is 3. The monoisotopic (exact) mass is 491 g/mol. The van der Waals surface area contributed by atoms with Crippen LogP contribution in [0.25, 0.3) is 0 Å². The van der Waals surface area contributed by atoms with Crippen LogP contribution in [0, 0.1) is 34.5 Å². The van der Waals surface area contributed by atoms with E-state index in [1.165, 1.54) is 0 Å². The van der Waals surface area contributed by atoms with Crippen LogP contribution < -0.4 is 5.32 Å². The summed E-state index contributed by atoms with van der Waals surface area (Å²) in [7, 11) is 1.80. The van der Waals surface area contributed by atoms with Gasteiger partial charge in [-0.05, 0) is 75.3 Å². The van der Waals surface area contributed by atoms with Gasteiger partial charge in [0.25, 0.3) is 0 Å². The van der Waals surface area contributed by atoms with Gasteiger partial charge in [0.15, 0.2) is 0 Å². The van der Waals surface area contributed by atoms with Crippen molar-refractivity contribution < 1.29 is 29.0 Å². The highest BCUT2D eigenvalue weighted by Crippen LogP contribution is 2.64. The van der Waals surface area contributed by atoms with E-state index in [-0.39, 0.29) is 64.7 Å². The van der Waals surface area contributed by atoms with E-state index >= 15 is 0 Å². The van der Waals surface area contributed by atoms with E-state index in [1.54, 1.807) is 27.2 Å². The van der Waals surface area contributed by atoms with Gasteiger partial charge in [-0.2, -0.15) is 0 Å². The minimum atomic E-state index is -1.11. The largest absolute Gasteiger partial charge is 0.462 e. The summed E-state index contributed by atoms with van der Waals surface area (Å²) in [6.45, 7) is 12.5. The number of carbonyl (C=O) groups excluding carboxylic acids is 3. The Hall–Kier alpha value is -1.73. The van der Waals surface area contributed by atoms with E-state index in [9.17, 15) is 19.5 Å². The summed E-state index contributed by atoms with van der Waals surface area (Å²) >= 11 is 0. The van der Waals surface area contributed by atoms with Gasteiger partial charge in [-0.1, -0.05) is 27.7 Å². The lowest BCUT2D eigenvalue weighted by Crippen LogP contribution is -2.60. The van der Waals surface area contributed by atoms with Gasteiger partial charge >= 0.3 is 11.9 Å². The number of hydrogen-bond acceptors (Lipinski definition) is 7. The number of nitrogens with one attached hydrogen (secondary N) is 1. The van der Waals surface area contributed by atoms with Crippen LogP contribution in [0.4, 0.5) is 0 Å². The van der Waals surface area contributed by atoms with E-state index in [4.69, 9.17) is 9.47 Å². The maximum Gasteiger partial charge on any atom is 0.311 e. The van der Waals surface area contributed by atoms with Crippen molar-refractivity contribution in [3.8, 4) is 0 Å². The third-order valence-electron chi connectivity index (χ3n) is 9.17. The zero-order valence-corrected chi connectivity index (χ0v) is 22.6. The van der Waals surface area contributed by atoms with Crippen LogP contribution in [0.2, 0.25) is 0 Å². The highest BCUT2D eigenvalue weighted by atomic mass is 16.5. The third kappa shape index (κ3) is 5.82. The van der Waals surface area contributed by atoms with Crippen molar-refractivity contribution in [3.05, 3.63) is 11.8 Å². The van der Waals surface area contributed by atoms with Gasteiger partial charge in [-0.3, -0.25) is 14.4 Å². The molecule has 0 aromatic carbocycles. The first-order valence-corrected chi connectivity index (χ1v) is 13.2. The normalized spacial score (nSPS) is 35.7. The van der Waals surface area contributed by atoms with Gasteiger partial charge in [0.05, 0.1) is 24.7 Å². The molecule has 0 aromatic heterocycles. The van der Waals surface area contributed by atoms with E-state index in [0.29, 0.717) is 19.4 Å². The Morgan fingerprint density at radius 3 is 2.51 bits per heavy atom. The van der Waals surface area contributed by atoms with Gasteiger partial charge < -0.3 is 19.9 Å². The van der Waals surface area contributed by atoms with Crippen molar-refractivity contribution in [2.45, 2.75) is 98.2 Å². The van der Waals surface area contributed by atoms with E-state index in [2.05, 4.69) is 33.0 Å². The van der Waals surface area contributed by atoms with E-state index < -0.39 is 5.60 Å². The molecule has 7 heteroatoms. The lowest BCUT2D eigenvalue weighted by molar-refractivity contribution is -0.191. The van der Waals surface area contributed by atoms with Crippen molar-refractivity contribution in [2.75, 3.05) is 13.6 Å². The maximum atomic E-state index is 13.6. The molecule has 0 amide bonds. The number of Topliss-reactive ketones (excluding diaryl/α,β-unsaturated/α-hetero) is 1. The summed E-state index contributed by atoms with van der Waals surface area (Å²) in [6.07, 6.45) is 5.46. The second kappa shape index (κ2) is 10.3. The molecule has 7 nitrogen and oxygen atoms in total. The molecule has 2 N–H and O–H groups in total. The Morgan fingerprint density at radius 1 is 1.20 bits per heavy atom. The van der Waals surface area contributed by atoms with Crippen LogP contribution >= 0.6 is 0 Å². The summed E-state index contributed by atoms with van der Waals surface area (Å²) in [4.78, 5) is 38.0. The first kappa shape index (κ1) is 27.9. The Bertz CT molecular complexity index is 856. The van der Waals surface area contributed by atoms with Crippen LogP contribution in [0.1, 0.15) is 86.5 Å². The van der Waals surface area contributed by atoms with E-state index in [0.717, 1.165) is 31.3 Å². The average molecular weight is 492 g/mol. The number of aliphatic hydroxyl groups is 1. The molecule has 3 fully saturated rings. The highest BCUT2D eigenvalue weighted by molar-refractivity contribution is 5.84. The van der Waals surface area contributed by atoms with Crippen LogP contribution in [0.5, 0.6) is 0 Å². The molecule has 35 heavy (non-hydrogen) atoms. The molecular weight excluding hydrogens is 446 g/mol. The number of rotatable bonds is 7. The van der Waals surface area contributed by atoms with Crippen LogP contribution in [-0.2, 0) is 23.9 Å². The Kier molecular flexibility index (Phi) is 8.22. The smallest absolute Gasteiger partial charge is 0.311 e. The van der Waals surface area contributed by atoms with Crippen molar-refractivity contribution in [2.24, 2.45) is 34.5 Å². The summed E-state index contributed by atoms with van der Waals surface area (Å²) < 4.78 is 11.3. The molecule has 3 rings (SSSR count). The van der Waals surface area contributed by atoms with Gasteiger partial charge in [0.1, 0.15) is 11.9 Å². The summed E-state index contributed by atoms with van der Waals surface area (Å²) in [5.41, 5.74) is -0.424. The van der Waals surface area contributed by atoms with Crippen molar-refractivity contribution in [1.82, 2.24) is 5.32 Å². The Balaban J connectivity index is 1.76. The lowest BCUT2D eigenvalue weighted by atomic mass is 9.42.